The molecule has 4 rings (SSSR count). The van der Waals surface area contributed by atoms with E-state index in [2.05, 4.69) is 20.4 Å². The van der Waals surface area contributed by atoms with Gasteiger partial charge in [-0.15, -0.1) is 10.2 Å². The molecule has 2 aromatic heterocycles. The molecule has 1 fully saturated rings. The van der Waals surface area contributed by atoms with Crippen LogP contribution in [0.5, 0.6) is 0 Å². The van der Waals surface area contributed by atoms with E-state index < -0.39 is 0 Å². The number of halogens is 1. The van der Waals surface area contributed by atoms with Crippen LogP contribution in [-0.2, 0) is 0 Å². The van der Waals surface area contributed by atoms with E-state index in [1.807, 2.05) is 12.1 Å². The Kier molecular flexibility index (Phi) is 4.39. The van der Waals surface area contributed by atoms with Crippen molar-refractivity contribution in [3.05, 3.63) is 60.2 Å². The molecule has 1 saturated heterocycles. The van der Waals surface area contributed by atoms with E-state index in [0.29, 0.717) is 24.5 Å². The van der Waals surface area contributed by atoms with Crippen LogP contribution in [0.15, 0.2) is 48.8 Å². The van der Waals surface area contributed by atoms with Crippen LogP contribution in [0.25, 0.3) is 11.4 Å². The van der Waals surface area contributed by atoms with Crippen molar-refractivity contribution in [1.29, 1.82) is 0 Å². The number of pyridine rings is 1. The molecule has 1 aliphatic rings. The maximum atomic E-state index is 13.1. The lowest BCUT2D eigenvalue weighted by Crippen LogP contribution is -2.41. The molecule has 0 saturated carbocycles. The predicted octanol–water partition coefficient (Wildman–Crippen LogP) is 2.35. The Balaban J connectivity index is 1.49. The molecule has 7 nitrogen and oxygen atoms in total. The third-order valence-electron chi connectivity index (χ3n) is 4.47. The van der Waals surface area contributed by atoms with Gasteiger partial charge in [0.25, 0.3) is 5.91 Å². The van der Waals surface area contributed by atoms with Gasteiger partial charge in [-0.3, -0.25) is 9.78 Å². The van der Waals surface area contributed by atoms with Gasteiger partial charge in [-0.25, -0.2) is 4.39 Å². The molecule has 132 valence electrons. The summed E-state index contributed by atoms with van der Waals surface area (Å²) in [4.78, 5) is 20.0. The number of hydrogen-bond acceptors (Lipinski definition) is 5. The largest absolute Gasteiger partial charge is 0.336 e. The number of tetrazole rings is 1. The minimum Gasteiger partial charge on any atom is -0.336 e. The lowest BCUT2D eigenvalue weighted by atomic mass is 10.0. The van der Waals surface area contributed by atoms with Crippen LogP contribution in [0, 0.1) is 5.82 Å². The van der Waals surface area contributed by atoms with Crippen molar-refractivity contribution >= 4 is 5.91 Å². The van der Waals surface area contributed by atoms with E-state index in [4.69, 9.17) is 0 Å². The second-order valence-corrected chi connectivity index (χ2v) is 6.22. The zero-order valence-electron chi connectivity index (χ0n) is 14.0. The third-order valence-corrected chi connectivity index (χ3v) is 4.47. The highest BCUT2D eigenvalue weighted by atomic mass is 19.1. The van der Waals surface area contributed by atoms with Crippen LogP contribution < -0.4 is 0 Å². The first kappa shape index (κ1) is 16.3. The molecule has 0 N–H and O–H groups in total. The second kappa shape index (κ2) is 6.99. The molecule has 0 aliphatic carbocycles. The van der Waals surface area contributed by atoms with E-state index in [1.165, 1.54) is 24.3 Å². The van der Waals surface area contributed by atoms with Crippen LogP contribution in [0.4, 0.5) is 4.39 Å². The van der Waals surface area contributed by atoms with E-state index in [9.17, 15) is 9.18 Å². The maximum absolute atomic E-state index is 13.1. The highest BCUT2D eigenvalue weighted by Crippen LogP contribution is 2.22. The minimum atomic E-state index is -0.353. The van der Waals surface area contributed by atoms with Gasteiger partial charge in [-0.2, -0.15) is 4.80 Å². The molecular formula is C18H17FN6O. The van der Waals surface area contributed by atoms with Crippen molar-refractivity contribution in [3.8, 4) is 11.4 Å². The molecule has 0 spiro atoms. The number of aromatic nitrogens is 5. The molecule has 8 heteroatoms. The number of carbonyl (C=O) groups is 1. The van der Waals surface area contributed by atoms with E-state index in [1.54, 1.807) is 22.1 Å². The number of hydrogen-bond donors (Lipinski definition) is 0. The van der Waals surface area contributed by atoms with Gasteiger partial charge in [0.05, 0.1) is 6.04 Å². The fraction of sp³-hybridized carbons (Fsp3) is 0.278. The van der Waals surface area contributed by atoms with Gasteiger partial charge in [-0.05, 0) is 54.5 Å². The Bertz CT molecular complexity index is 896. The van der Waals surface area contributed by atoms with Gasteiger partial charge < -0.3 is 4.90 Å². The summed E-state index contributed by atoms with van der Waals surface area (Å²) in [6.45, 7) is 1.17. The van der Waals surface area contributed by atoms with E-state index >= 15 is 0 Å². The highest BCUT2D eigenvalue weighted by Gasteiger charge is 2.27. The van der Waals surface area contributed by atoms with Crippen LogP contribution in [-0.4, -0.2) is 49.1 Å². The molecule has 1 unspecified atom stereocenters. The van der Waals surface area contributed by atoms with Gasteiger partial charge in [0, 0.05) is 36.6 Å². The van der Waals surface area contributed by atoms with Gasteiger partial charge in [0.2, 0.25) is 5.82 Å². The first-order valence-corrected chi connectivity index (χ1v) is 8.45. The lowest BCUT2D eigenvalue weighted by molar-refractivity contribution is 0.0663. The molecule has 1 aliphatic heterocycles. The summed E-state index contributed by atoms with van der Waals surface area (Å²) in [7, 11) is 0. The number of nitrogens with zero attached hydrogens (tertiary/aromatic N) is 6. The standard InChI is InChI=1S/C18H17FN6O/c19-15-5-3-14(4-6-15)18(26)24-11-1-2-16(12-24)25-22-17(21-23-25)13-7-9-20-10-8-13/h3-10,16H,1-2,11-12H2. The molecule has 1 amide bonds. The molecule has 3 aromatic rings. The van der Waals surface area contributed by atoms with Crippen molar-refractivity contribution in [2.75, 3.05) is 13.1 Å². The minimum absolute atomic E-state index is 0.0313. The normalized spacial score (nSPS) is 17.3. The molecule has 0 radical (unpaired) electrons. The molecule has 1 aromatic carbocycles. The predicted molar refractivity (Wildman–Crippen MR) is 91.6 cm³/mol. The summed E-state index contributed by atoms with van der Waals surface area (Å²) in [5.74, 6) is 0.0760. The highest BCUT2D eigenvalue weighted by molar-refractivity contribution is 5.94. The number of amides is 1. The number of carbonyl (C=O) groups excluding carboxylic acids is 1. The quantitative estimate of drug-likeness (QED) is 0.723. The average Bonchev–Trinajstić information content (AvgIpc) is 3.19. The summed E-state index contributed by atoms with van der Waals surface area (Å²) >= 11 is 0. The number of likely N-dealkylation sites (tertiary alicyclic amines) is 1. The Labute approximate surface area is 149 Å². The van der Waals surface area contributed by atoms with Crippen LogP contribution in [0.1, 0.15) is 29.2 Å². The van der Waals surface area contributed by atoms with Crippen LogP contribution in [0.2, 0.25) is 0 Å². The Morgan fingerprint density at radius 1 is 1.12 bits per heavy atom. The molecule has 26 heavy (non-hydrogen) atoms. The van der Waals surface area contributed by atoms with Crippen molar-refractivity contribution in [2.24, 2.45) is 0 Å². The number of benzene rings is 1. The van der Waals surface area contributed by atoms with E-state index in [0.717, 1.165) is 18.4 Å². The molecule has 0 bridgehead atoms. The molecular weight excluding hydrogens is 335 g/mol. The number of rotatable bonds is 3. The molecule has 1 atom stereocenters. The Hall–Kier alpha value is -3.16. The Morgan fingerprint density at radius 2 is 1.88 bits per heavy atom. The summed E-state index contributed by atoms with van der Waals surface area (Å²) in [6.07, 6.45) is 5.09. The summed E-state index contributed by atoms with van der Waals surface area (Å²) in [5, 5.41) is 12.7. The maximum Gasteiger partial charge on any atom is 0.253 e. The average molecular weight is 352 g/mol. The fourth-order valence-electron chi connectivity index (χ4n) is 3.10. The van der Waals surface area contributed by atoms with Crippen molar-refractivity contribution in [3.63, 3.8) is 0 Å². The summed E-state index contributed by atoms with van der Waals surface area (Å²) < 4.78 is 13.1. The summed E-state index contributed by atoms with van der Waals surface area (Å²) in [5.41, 5.74) is 1.33. The third kappa shape index (κ3) is 3.30. The monoisotopic (exact) mass is 352 g/mol. The second-order valence-electron chi connectivity index (χ2n) is 6.22. The zero-order valence-corrected chi connectivity index (χ0v) is 14.0. The van der Waals surface area contributed by atoms with Crippen LogP contribution in [0.3, 0.4) is 0 Å². The Morgan fingerprint density at radius 3 is 2.65 bits per heavy atom. The smallest absolute Gasteiger partial charge is 0.253 e. The van der Waals surface area contributed by atoms with Crippen molar-refractivity contribution in [1.82, 2.24) is 30.1 Å². The topological polar surface area (TPSA) is 76.8 Å². The van der Waals surface area contributed by atoms with Crippen molar-refractivity contribution in [2.45, 2.75) is 18.9 Å². The van der Waals surface area contributed by atoms with Gasteiger partial charge in [-0.1, -0.05) is 0 Å². The van der Waals surface area contributed by atoms with Gasteiger partial charge in [0.1, 0.15) is 5.82 Å². The van der Waals surface area contributed by atoms with Crippen molar-refractivity contribution < 1.29 is 9.18 Å². The van der Waals surface area contributed by atoms with E-state index in [-0.39, 0.29) is 17.8 Å². The summed E-state index contributed by atoms with van der Waals surface area (Å²) in [6, 6.07) is 9.24. The fourth-order valence-corrected chi connectivity index (χ4v) is 3.10. The first-order chi connectivity index (χ1) is 12.7. The SMILES string of the molecule is O=C(c1ccc(F)cc1)N1CCCC(n2nnc(-c3ccncc3)n2)C1. The van der Waals surface area contributed by atoms with Gasteiger partial charge >= 0.3 is 0 Å². The van der Waals surface area contributed by atoms with Gasteiger partial charge in [0.15, 0.2) is 0 Å². The molecule has 3 heterocycles. The van der Waals surface area contributed by atoms with Crippen LogP contribution >= 0.6 is 0 Å². The number of piperidine rings is 1. The lowest BCUT2D eigenvalue weighted by Gasteiger charge is -2.31. The zero-order chi connectivity index (χ0) is 17.9. The first-order valence-electron chi connectivity index (χ1n) is 8.45.